The number of carbonyl (C=O) groups excluding carboxylic acids is 2. The number of nitrogens with zero attached hydrogens (tertiary/aromatic N) is 2. The van der Waals surface area contributed by atoms with Crippen molar-refractivity contribution < 1.29 is 9.59 Å². The zero-order chi connectivity index (χ0) is 29.2. The number of aryl methyl sites for hydroxylation is 1. The Balaban J connectivity index is 1.41. The van der Waals surface area contributed by atoms with E-state index in [0.717, 1.165) is 78.1 Å². The molecule has 3 aromatic carbocycles. The van der Waals surface area contributed by atoms with Gasteiger partial charge in [-0.05, 0) is 79.1 Å². The molecule has 41 heavy (non-hydrogen) atoms. The van der Waals surface area contributed by atoms with Crippen molar-refractivity contribution in [3.63, 3.8) is 0 Å². The Morgan fingerprint density at radius 2 is 1.61 bits per heavy atom. The number of likely N-dealkylation sites (tertiary alicyclic amines) is 1. The molecule has 0 aromatic heterocycles. The maximum Gasteiger partial charge on any atom is 0.321 e. The molecule has 0 bridgehead atoms. The molecule has 0 spiro atoms. The SMILES string of the molecule is CCCCCCCNC(=O)N(C)c1cccc(-c2ccc(Nc3cccc(C)c3C(=O)N3CCC(C)CC3)cc2)c1. The molecule has 0 aliphatic carbocycles. The lowest BCUT2D eigenvalue weighted by molar-refractivity contribution is 0.0697. The second kappa shape index (κ2) is 14.7. The fraction of sp³-hybridized carbons (Fsp3) is 0.429. The first-order chi connectivity index (χ1) is 19.9. The second-order valence-corrected chi connectivity index (χ2v) is 11.4. The van der Waals surface area contributed by atoms with Gasteiger partial charge in [-0.3, -0.25) is 9.69 Å². The minimum Gasteiger partial charge on any atom is -0.355 e. The predicted octanol–water partition coefficient (Wildman–Crippen LogP) is 8.39. The van der Waals surface area contributed by atoms with Gasteiger partial charge in [0, 0.05) is 38.1 Å². The normalized spacial score (nSPS) is 13.6. The van der Waals surface area contributed by atoms with Crippen LogP contribution in [0, 0.1) is 12.8 Å². The van der Waals surface area contributed by atoms with Crippen LogP contribution in [0.5, 0.6) is 0 Å². The van der Waals surface area contributed by atoms with Crippen molar-refractivity contribution in [3.8, 4) is 11.1 Å². The number of urea groups is 1. The van der Waals surface area contributed by atoms with Gasteiger partial charge in [0.15, 0.2) is 0 Å². The van der Waals surface area contributed by atoms with Crippen molar-refractivity contribution >= 4 is 29.0 Å². The maximum absolute atomic E-state index is 13.5. The van der Waals surface area contributed by atoms with Gasteiger partial charge in [0.2, 0.25) is 0 Å². The summed E-state index contributed by atoms with van der Waals surface area (Å²) in [6.45, 7) is 8.81. The Labute approximate surface area is 246 Å². The van der Waals surface area contributed by atoms with Crippen LogP contribution >= 0.6 is 0 Å². The van der Waals surface area contributed by atoms with E-state index in [2.05, 4.69) is 42.7 Å². The van der Waals surface area contributed by atoms with E-state index < -0.39 is 0 Å². The number of nitrogens with one attached hydrogen (secondary N) is 2. The summed E-state index contributed by atoms with van der Waals surface area (Å²) >= 11 is 0. The van der Waals surface area contributed by atoms with Crippen molar-refractivity contribution in [3.05, 3.63) is 77.9 Å². The zero-order valence-electron chi connectivity index (χ0n) is 25.2. The maximum atomic E-state index is 13.5. The lowest BCUT2D eigenvalue weighted by Crippen LogP contribution is -2.38. The monoisotopic (exact) mass is 554 g/mol. The highest BCUT2D eigenvalue weighted by molar-refractivity contribution is 6.02. The van der Waals surface area contributed by atoms with Crippen LogP contribution in [-0.4, -0.2) is 43.5 Å². The van der Waals surface area contributed by atoms with Gasteiger partial charge in [-0.15, -0.1) is 0 Å². The fourth-order valence-electron chi connectivity index (χ4n) is 5.38. The van der Waals surface area contributed by atoms with Gasteiger partial charge in [0.25, 0.3) is 5.91 Å². The summed E-state index contributed by atoms with van der Waals surface area (Å²) < 4.78 is 0. The molecule has 1 fully saturated rings. The number of carbonyl (C=O) groups is 2. The second-order valence-electron chi connectivity index (χ2n) is 11.4. The van der Waals surface area contributed by atoms with Crippen molar-refractivity contribution in [2.45, 2.75) is 65.7 Å². The van der Waals surface area contributed by atoms with Crippen LogP contribution in [-0.2, 0) is 0 Å². The van der Waals surface area contributed by atoms with Gasteiger partial charge in [-0.25, -0.2) is 4.79 Å². The predicted molar refractivity (Wildman–Crippen MR) is 171 cm³/mol. The minimum atomic E-state index is -0.0836. The number of amides is 3. The molecule has 1 aliphatic rings. The summed E-state index contributed by atoms with van der Waals surface area (Å²) in [7, 11) is 1.81. The molecule has 0 atom stereocenters. The van der Waals surface area contributed by atoms with Crippen LogP contribution in [0.4, 0.5) is 21.9 Å². The quantitative estimate of drug-likeness (QED) is 0.234. The Hall–Kier alpha value is -3.80. The average Bonchev–Trinajstić information content (AvgIpc) is 2.99. The topological polar surface area (TPSA) is 64.7 Å². The van der Waals surface area contributed by atoms with Gasteiger partial charge >= 0.3 is 6.03 Å². The van der Waals surface area contributed by atoms with Crippen LogP contribution in [0.2, 0.25) is 0 Å². The Morgan fingerprint density at radius 3 is 2.34 bits per heavy atom. The highest BCUT2D eigenvalue weighted by Gasteiger charge is 2.24. The van der Waals surface area contributed by atoms with E-state index in [9.17, 15) is 9.59 Å². The average molecular weight is 555 g/mol. The molecule has 6 heteroatoms. The zero-order valence-corrected chi connectivity index (χ0v) is 25.2. The third kappa shape index (κ3) is 8.12. The summed E-state index contributed by atoms with van der Waals surface area (Å²) in [6.07, 6.45) is 7.97. The molecule has 2 N–H and O–H groups in total. The van der Waals surface area contributed by atoms with Gasteiger partial charge < -0.3 is 15.5 Å². The first kappa shape index (κ1) is 30.2. The first-order valence-corrected chi connectivity index (χ1v) is 15.2. The molecule has 1 heterocycles. The largest absolute Gasteiger partial charge is 0.355 e. The number of unbranched alkanes of at least 4 members (excludes halogenated alkanes) is 4. The van der Waals surface area contributed by atoms with Gasteiger partial charge in [-0.2, -0.15) is 0 Å². The molecule has 1 aliphatic heterocycles. The molecular formula is C35H46N4O2. The van der Waals surface area contributed by atoms with E-state index in [1.807, 2.05) is 67.4 Å². The summed E-state index contributed by atoms with van der Waals surface area (Å²) in [5.41, 5.74) is 6.44. The molecule has 3 aromatic rings. The number of benzene rings is 3. The lowest BCUT2D eigenvalue weighted by atomic mass is 9.97. The van der Waals surface area contributed by atoms with E-state index in [4.69, 9.17) is 0 Å². The van der Waals surface area contributed by atoms with Gasteiger partial charge in [-0.1, -0.05) is 75.9 Å². The van der Waals surface area contributed by atoms with E-state index in [1.165, 1.54) is 19.3 Å². The number of rotatable bonds is 11. The molecule has 6 nitrogen and oxygen atoms in total. The number of hydrogen-bond donors (Lipinski definition) is 2. The third-order valence-electron chi connectivity index (χ3n) is 8.15. The van der Waals surface area contributed by atoms with Crippen molar-refractivity contribution in [1.82, 2.24) is 10.2 Å². The molecule has 4 rings (SSSR count). The van der Waals surface area contributed by atoms with E-state index in [-0.39, 0.29) is 11.9 Å². The van der Waals surface area contributed by atoms with Crippen molar-refractivity contribution in [1.29, 1.82) is 0 Å². The summed E-state index contributed by atoms with van der Waals surface area (Å²) in [4.78, 5) is 29.8. The molecule has 218 valence electrons. The van der Waals surface area contributed by atoms with Crippen LogP contribution in [0.25, 0.3) is 11.1 Å². The minimum absolute atomic E-state index is 0.0836. The van der Waals surface area contributed by atoms with Crippen molar-refractivity contribution in [2.75, 3.05) is 36.9 Å². The highest BCUT2D eigenvalue weighted by atomic mass is 16.2. The molecule has 3 amide bonds. The standard InChI is InChI=1S/C35H46N4O2/c1-5-6-7-8-9-22-36-35(41)38(4)31-14-11-13-29(25-31)28-16-18-30(19-17-28)37-32-15-10-12-27(3)33(32)34(40)39-23-20-26(2)21-24-39/h10-19,25-26,37H,5-9,20-24H2,1-4H3,(H,36,41). The summed E-state index contributed by atoms with van der Waals surface area (Å²) in [5, 5.41) is 6.53. The Morgan fingerprint density at radius 1 is 0.902 bits per heavy atom. The number of hydrogen-bond acceptors (Lipinski definition) is 3. The number of anilines is 3. The fourth-order valence-corrected chi connectivity index (χ4v) is 5.38. The van der Waals surface area contributed by atoms with Crippen molar-refractivity contribution in [2.24, 2.45) is 5.92 Å². The van der Waals surface area contributed by atoms with Crippen LogP contribution in [0.15, 0.2) is 66.7 Å². The summed E-state index contributed by atoms with van der Waals surface area (Å²) in [6, 6.07) is 22.2. The molecular weight excluding hydrogens is 508 g/mol. The van der Waals surface area contributed by atoms with Crippen LogP contribution in [0.1, 0.15) is 74.7 Å². The highest BCUT2D eigenvalue weighted by Crippen LogP contribution is 2.30. The van der Waals surface area contributed by atoms with Crippen LogP contribution < -0.4 is 15.5 Å². The molecule has 0 radical (unpaired) electrons. The molecule has 1 saturated heterocycles. The molecule has 0 saturated carbocycles. The Kier molecular flexibility index (Phi) is 10.8. The smallest absolute Gasteiger partial charge is 0.321 e. The molecule has 0 unspecified atom stereocenters. The lowest BCUT2D eigenvalue weighted by Gasteiger charge is -2.31. The third-order valence-corrected chi connectivity index (χ3v) is 8.15. The summed E-state index contributed by atoms with van der Waals surface area (Å²) in [5.74, 6) is 0.783. The van der Waals surface area contributed by atoms with E-state index in [0.29, 0.717) is 12.5 Å². The Bertz CT molecular complexity index is 1300. The van der Waals surface area contributed by atoms with E-state index >= 15 is 0 Å². The van der Waals surface area contributed by atoms with Crippen LogP contribution in [0.3, 0.4) is 0 Å². The number of piperidine rings is 1. The first-order valence-electron chi connectivity index (χ1n) is 15.2. The van der Waals surface area contributed by atoms with Gasteiger partial charge in [0.05, 0.1) is 11.3 Å². The van der Waals surface area contributed by atoms with E-state index in [1.54, 1.807) is 4.90 Å². The van der Waals surface area contributed by atoms with Gasteiger partial charge in [0.1, 0.15) is 0 Å².